The van der Waals surface area contributed by atoms with Crippen LogP contribution in [0.25, 0.3) is 0 Å². The van der Waals surface area contributed by atoms with Gasteiger partial charge in [0.05, 0.1) is 6.10 Å². The average molecular weight is 315 g/mol. The van der Waals surface area contributed by atoms with Crippen LogP contribution in [0.2, 0.25) is 0 Å². The van der Waals surface area contributed by atoms with Crippen molar-refractivity contribution in [3.8, 4) is 0 Å². The van der Waals surface area contributed by atoms with Gasteiger partial charge in [-0.15, -0.1) is 12.7 Å². The van der Waals surface area contributed by atoms with Crippen LogP contribution in [-0.4, -0.2) is 24.8 Å². The van der Waals surface area contributed by atoms with Gasteiger partial charge in [0.15, 0.2) is 0 Å². The molecule has 6 heteroatoms. The van der Waals surface area contributed by atoms with Crippen LogP contribution in [0.15, 0.2) is 0 Å². The molecule has 0 aliphatic carbocycles. The molecule has 1 fully saturated rings. The van der Waals surface area contributed by atoms with Crippen molar-refractivity contribution in [3.05, 3.63) is 0 Å². The third kappa shape index (κ3) is 6.48. The summed E-state index contributed by atoms with van der Waals surface area (Å²) in [5, 5.41) is 20.8. The number of cyclic esters (lactones) is 1. The second-order valence-electron chi connectivity index (χ2n) is 2.34. The van der Waals surface area contributed by atoms with Gasteiger partial charge in [-0.1, -0.05) is 0 Å². The number of esters is 1. The Morgan fingerprint density at radius 2 is 2.08 bits per heavy atom. The van der Waals surface area contributed by atoms with E-state index in [4.69, 9.17) is 0 Å². The molecule has 0 aromatic rings. The van der Waals surface area contributed by atoms with Gasteiger partial charge in [0.25, 0.3) is 0 Å². The quantitative estimate of drug-likeness (QED) is 0.451. The Labute approximate surface area is 169 Å². The number of ether oxygens (including phenoxy) is 1. The maximum atomic E-state index is 10.7. The zero-order valence-electron chi connectivity index (χ0n) is 7.41. The Bertz CT molecular complexity index is 142. The van der Waals surface area contributed by atoms with Gasteiger partial charge in [0, 0.05) is 6.42 Å². The van der Waals surface area contributed by atoms with Gasteiger partial charge in [0.1, 0.15) is 0 Å². The molecule has 1 aliphatic heterocycles. The summed E-state index contributed by atoms with van der Waals surface area (Å²) in [7, 11) is 0. The van der Waals surface area contributed by atoms with Gasteiger partial charge in [-0.25, -0.2) is 0 Å². The Morgan fingerprint density at radius 1 is 1.50 bits per heavy atom. The first-order chi connectivity index (χ1) is 4.72. The Kier molecular flexibility index (Phi) is 13.4. The summed E-state index contributed by atoms with van der Waals surface area (Å²) < 4.78 is 4.55. The average Bonchev–Trinajstić information content (AvgIpc) is 1.85. The molecular weight excluding hydrogens is 307 g/mol. The van der Waals surface area contributed by atoms with Crippen molar-refractivity contribution in [2.75, 3.05) is 6.61 Å². The molecular formula is C6H8O4Rb2. The van der Waals surface area contributed by atoms with Crippen LogP contribution >= 0.6 is 0 Å². The van der Waals surface area contributed by atoms with Crippen molar-refractivity contribution in [1.29, 1.82) is 0 Å². The molecule has 2 unspecified atom stereocenters. The van der Waals surface area contributed by atoms with E-state index in [1.54, 1.807) is 0 Å². The molecule has 0 bridgehead atoms. The molecule has 1 saturated heterocycles. The zero-order chi connectivity index (χ0) is 7.56. The van der Waals surface area contributed by atoms with Crippen LogP contribution in [0, 0.1) is 0 Å². The fourth-order valence-corrected chi connectivity index (χ4v) is 0.947. The summed E-state index contributed by atoms with van der Waals surface area (Å²) >= 11 is 0. The van der Waals surface area contributed by atoms with Gasteiger partial charge in [-0.3, -0.25) is 4.79 Å². The summed E-state index contributed by atoms with van der Waals surface area (Å²) in [5.41, 5.74) is 0. The van der Waals surface area contributed by atoms with E-state index in [1.807, 2.05) is 0 Å². The molecule has 1 heterocycles. The standard InChI is InChI=1S/C6H8O4.2Rb/c7-3-5-1-4(8)2-6(9)10-5;;/h4-5H,1-3H2;;/q-2;2*+1. The minimum absolute atomic E-state index is 0. The number of hydrogen-bond acceptors (Lipinski definition) is 4. The summed E-state index contributed by atoms with van der Waals surface area (Å²) in [6, 6.07) is 0. The molecule has 58 valence electrons. The predicted octanol–water partition coefficient (Wildman–Crippen LogP) is -8.21. The number of carbonyl (C=O) groups excluding carboxylic acids is 1. The Balaban J connectivity index is 0. The molecule has 12 heavy (non-hydrogen) atoms. The van der Waals surface area contributed by atoms with Gasteiger partial charge in [-0.2, -0.15) is 0 Å². The molecule has 0 radical (unpaired) electrons. The number of hydrogen-bond donors (Lipinski definition) is 0. The van der Waals surface area contributed by atoms with Crippen LogP contribution in [-0.2, 0) is 9.53 Å². The first kappa shape index (κ1) is 17.4. The van der Waals surface area contributed by atoms with E-state index in [-0.39, 0.29) is 129 Å². The summed E-state index contributed by atoms with van der Waals surface area (Å²) in [6.45, 7) is -0.496. The van der Waals surface area contributed by atoms with E-state index in [0.717, 1.165) is 0 Å². The van der Waals surface area contributed by atoms with Crippen LogP contribution in [0.1, 0.15) is 12.8 Å². The van der Waals surface area contributed by atoms with Crippen molar-refractivity contribution >= 4 is 5.97 Å². The Hall–Kier alpha value is 3.00. The summed E-state index contributed by atoms with van der Waals surface area (Å²) in [5.74, 6) is -0.535. The summed E-state index contributed by atoms with van der Waals surface area (Å²) in [6.07, 6.45) is -1.52. The fourth-order valence-electron chi connectivity index (χ4n) is 0.947. The van der Waals surface area contributed by atoms with Crippen LogP contribution in [0.5, 0.6) is 0 Å². The molecule has 2 atom stereocenters. The monoisotopic (exact) mass is 314 g/mol. The van der Waals surface area contributed by atoms with E-state index in [9.17, 15) is 15.0 Å². The van der Waals surface area contributed by atoms with Gasteiger partial charge >= 0.3 is 122 Å². The fraction of sp³-hybridized carbons (Fsp3) is 0.833. The van der Waals surface area contributed by atoms with Crippen LogP contribution in [0.4, 0.5) is 0 Å². The van der Waals surface area contributed by atoms with Crippen molar-refractivity contribution in [3.63, 3.8) is 0 Å². The second kappa shape index (κ2) is 9.24. The van der Waals surface area contributed by atoms with Crippen molar-refractivity contribution < 1.29 is 136 Å². The van der Waals surface area contributed by atoms with Gasteiger partial charge < -0.3 is 14.9 Å². The second-order valence-corrected chi connectivity index (χ2v) is 2.34. The third-order valence-corrected chi connectivity index (χ3v) is 1.40. The molecule has 0 amide bonds. The first-order valence-electron chi connectivity index (χ1n) is 3.15. The molecule has 1 rings (SSSR count). The molecule has 0 saturated carbocycles. The van der Waals surface area contributed by atoms with Gasteiger partial charge in [-0.05, 0) is 6.42 Å². The van der Waals surface area contributed by atoms with Crippen molar-refractivity contribution in [2.45, 2.75) is 25.0 Å². The van der Waals surface area contributed by atoms with E-state index in [1.165, 1.54) is 0 Å². The SMILES string of the molecule is O=C1CC([O-])CC(C[O-])O1.[Rb+].[Rb+]. The Morgan fingerprint density at radius 3 is 2.50 bits per heavy atom. The van der Waals surface area contributed by atoms with Crippen molar-refractivity contribution in [2.24, 2.45) is 0 Å². The maximum absolute atomic E-state index is 10.7. The molecule has 0 N–H and O–H groups in total. The first-order valence-corrected chi connectivity index (χ1v) is 3.15. The largest absolute Gasteiger partial charge is 1.00 e. The minimum atomic E-state index is -0.930. The summed E-state index contributed by atoms with van der Waals surface area (Å²) in [4.78, 5) is 10.5. The van der Waals surface area contributed by atoms with Crippen molar-refractivity contribution in [1.82, 2.24) is 0 Å². The number of rotatable bonds is 1. The van der Waals surface area contributed by atoms with Crippen LogP contribution < -0.4 is 127 Å². The molecule has 0 aromatic heterocycles. The van der Waals surface area contributed by atoms with E-state index < -0.39 is 24.8 Å². The molecule has 0 spiro atoms. The maximum Gasteiger partial charge on any atom is 1.00 e. The topological polar surface area (TPSA) is 72.4 Å². The predicted molar refractivity (Wildman–Crippen MR) is 27.8 cm³/mol. The van der Waals surface area contributed by atoms with E-state index >= 15 is 0 Å². The normalized spacial score (nSPS) is 28.0. The van der Waals surface area contributed by atoms with Crippen LogP contribution in [0.3, 0.4) is 0 Å². The third-order valence-electron chi connectivity index (χ3n) is 1.40. The van der Waals surface area contributed by atoms with E-state index in [2.05, 4.69) is 4.74 Å². The molecule has 4 nitrogen and oxygen atoms in total. The van der Waals surface area contributed by atoms with Gasteiger partial charge in [0.2, 0.25) is 0 Å². The zero-order valence-corrected chi connectivity index (χ0v) is 17.2. The van der Waals surface area contributed by atoms with E-state index in [0.29, 0.717) is 0 Å². The molecule has 0 aromatic carbocycles. The number of carbonyl (C=O) groups is 1. The minimum Gasteiger partial charge on any atom is -0.852 e. The smallest absolute Gasteiger partial charge is 0.852 e. The molecule has 1 aliphatic rings.